The van der Waals surface area contributed by atoms with Crippen LogP contribution in [0.1, 0.15) is 19.3 Å². The van der Waals surface area contributed by atoms with Crippen LogP contribution < -0.4 is 15.5 Å². The summed E-state index contributed by atoms with van der Waals surface area (Å²) in [6, 6.07) is 3.06. The summed E-state index contributed by atoms with van der Waals surface area (Å²) < 4.78 is 31.7. The lowest BCUT2D eigenvalue weighted by molar-refractivity contribution is -0.125. The number of aromatic nitrogens is 3. The SMILES string of the molecule is [C-]#[N+]c1c(N)sc2c(F)ccc(-c3ncc4c(N(C)[C@@H]5CCN(C(=O)C=C)C5)nc(N5CC(N6CC7(CC7)C6)C5)nc4c3F)c12. The molecule has 45 heavy (non-hydrogen) atoms. The van der Waals surface area contributed by atoms with Gasteiger partial charge in [0.2, 0.25) is 17.5 Å². The minimum absolute atomic E-state index is 0.0335. The van der Waals surface area contributed by atoms with Crippen LogP contribution in [0.2, 0.25) is 0 Å². The lowest BCUT2D eigenvalue weighted by Gasteiger charge is -2.52. The molecule has 8 rings (SSSR count). The maximum atomic E-state index is 16.7. The Bertz CT molecular complexity index is 1950. The predicted octanol–water partition coefficient (Wildman–Crippen LogP) is 4.83. The summed E-state index contributed by atoms with van der Waals surface area (Å²) in [5.74, 6) is -0.370. The van der Waals surface area contributed by atoms with E-state index in [1.165, 1.54) is 31.1 Å². The number of likely N-dealkylation sites (N-methyl/N-ethyl adjacent to an activating group) is 1. The molecule has 2 N–H and O–H groups in total. The topological polar surface area (TPSA) is 99.1 Å². The van der Waals surface area contributed by atoms with Crippen molar-refractivity contribution in [3.63, 3.8) is 0 Å². The highest BCUT2D eigenvalue weighted by Crippen LogP contribution is 2.54. The molecule has 0 bridgehead atoms. The van der Waals surface area contributed by atoms with Gasteiger partial charge in [-0.15, -0.1) is 11.3 Å². The molecule has 3 aliphatic heterocycles. The maximum absolute atomic E-state index is 16.7. The quantitative estimate of drug-likeness (QED) is 0.240. The molecule has 13 heteroatoms. The highest BCUT2D eigenvalue weighted by molar-refractivity contribution is 7.23. The number of nitrogen functional groups attached to an aromatic ring is 1. The molecule has 1 saturated carbocycles. The lowest BCUT2D eigenvalue weighted by Crippen LogP contribution is -2.66. The monoisotopic (exact) mass is 627 g/mol. The Hall–Kier alpha value is -4.41. The van der Waals surface area contributed by atoms with Gasteiger partial charge in [0, 0.05) is 75.5 Å². The first-order valence-electron chi connectivity index (χ1n) is 15.1. The number of benzene rings is 1. The number of nitrogens with two attached hydrogens (primary N) is 1. The van der Waals surface area contributed by atoms with Gasteiger partial charge in [0.05, 0.1) is 21.7 Å². The summed E-state index contributed by atoms with van der Waals surface area (Å²) in [5.41, 5.74) is 7.05. The number of pyridine rings is 1. The lowest BCUT2D eigenvalue weighted by atomic mass is 9.92. The van der Waals surface area contributed by atoms with E-state index in [9.17, 15) is 9.18 Å². The molecule has 10 nitrogen and oxygen atoms in total. The summed E-state index contributed by atoms with van der Waals surface area (Å²) in [4.78, 5) is 38.4. The van der Waals surface area contributed by atoms with Gasteiger partial charge in [0.25, 0.3) is 0 Å². The number of nitrogens with zero attached hydrogens (tertiary/aromatic N) is 8. The Morgan fingerprint density at radius 3 is 2.73 bits per heavy atom. The fourth-order valence-electron chi connectivity index (χ4n) is 7.09. The van der Waals surface area contributed by atoms with Crippen LogP contribution in [0.4, 0.5) is 31.2 Å². The standard InChI is InChI=1S/C32H31F2N9OS/c1-4-22(44)41-10-7-17(12-41)40(3)30-20-11-37-25(19-5-6-21(33)28-23(19)27(36-2)29(35)45-28)24(34)26(20)38-31(39-30)42-13-18(14-42)43-15-32(16-43)8-9-32/h4-6,11,17-18H,1,7-10,12-16,35H2,3H3/t17-/m1/s1. The van der Waals surface area contributed by atoms with Crippen molar-refractivity contribution in [3.05, 3.63) is 54.0 Å². The number of carbonyl (C=O) groups is 1. The summed E-state index contributed by atoms with van der Waals surface area (Å²) in [6.07, 6.45) is 6.23. The smallest absolute Gasteiger partial charge is 0.246 e. The zero-order chi connectivity index (χ0) is 31.2. The van der Waals surface area contributed by atoms with E-state index >= 15 is 4.39 Å². The van der Waals surface area contributed by atoms with E-state index in [4.69, 9.17) is 22.3 Å². The van der Waals surface area contributed by atoms with Gasteiger partial charge in [-0.05, 0) is 36.8 Å². The Balaban J connectivity index is 1.21. The number of fused-ring (bicyclic) bond motifs is 2. The van der Waals surface area contributed by atoms with E-state index in [0.717, 1.165) is 43.9 Å². The first kappa shape index (κ1) is 28.1. The normalized spacial score (nSPS) is 20.8. The average Bonchev–Trinajstić information content (AvgIpc) is 3.50. The van der Waals surface area contributed by atoms with Crippen molar-refractivity contribution < 1.29 is 13.6 Å². The second kappa shape index (κ2) is 10.1. The Morgan fingerprint density at radius 1 is 1.24 bits per heavy atom. The molecule has 3 saturated heterocycles. The summed E-state index contributed by atoms with van der Waals surface area (Å²) in [6.45, 7) is 16.2. The van der Waals surface area contributed by atoms with E-state index in [1.807, 2.05) is 11.9 Å². The van der Waals surface area contributed by atoms with E-state index in [2.05, 4.69) is 26.2 Å². The third kappa shape index (κ3) is 4.34. The van der Waals surface area contributed by atoms with Crippen LogP contribution in [0, 0.1) is 23.6 Å². The summed E-state index contributed by atoms with van der Waals surface area (Å²) in [7, 11) is 1.90. The minimum atomic E-state index is -0.676. The number of amides is 1. The molecule has 0 unspecified atom stereocenters. The van der Waals surface area contributed by atoms with E-state index in [1.54, 1.807) is 11.1 Å². The molecule has 230 valence electrons. The molecule has 1 amide bonds. The third-order valence-corrected chi connectivity index (χ3v) is 11.1. The number of rotatable bonds is 6. The van der Waals surface area contributed by atoms with E-state index in [-0.39, 0.29) is 49.5 Å². The predicted molar refractivity (Wildman–Crippen MR) is 172 cm³/mol. The third-order valence-electron chi connectivity index (χ3n) is 10.0. The second-order valence-electron chi connectivity index (χ2n) is 12.8. The number of thiophene rings is 1. The van der Waals surface area contributed by atoms with Gasteiger partial charge in [-0.25, -0.2) is 18.6 Å². The van der Waals surface area contributed by atoms with Gasteiger partial charge in [0.15, 0.2) is 5.82 Å². The first-order chi connectivity index (χ1) is 21.7. The largest absolute Gasteiger partial charge is 0.399 e. The molecule has 1 atom stereocenters. The Labute approximate surface area is 262 Å². The van der Waals surface area contributed by atoms with Crippen LogP contribution in [0.15, 0.2) is 31.0 Å². The van der Waals surface area contributed by atoms with Crippen molar-refractivity contribution in [1.29, 1.82) is 0 Å². The summed E-state index contributed by atoms with van der Waals surface area (Å²) in [5, 5.41) is 0.847. The van der Waals surface area contributed by atoms with Crippen molar-refractivity contribution in [3.8, 4) is 11.3 Å². The highest BCUT2D eigenvalue weighted by Gasteiger charge is 2.55. The molecule has 1 spiro atoms. The van der Waals surface area contributed by atoms with Crippen LogP contribution in [0.3, 0.4) is 0 Å². The molecule has 1 aliphatic carbocycles. The molecule has 1 aromatic carbocycles. The molecule has 4 aliphatic rings. The van der Waals surface area contributed by atoms with Crippen LogP contribution >= 0.6 is 11.3 Å². The molecule has 0 radical (unpaired) electrons. The molecule has 6 heterocycles. The molecular formula is C32H31F2N9OS. The highest BCUT2D eigenvalue weighted by atomic mass is 32.1. The van der Waals surface area contributed by atoms with Gasteiger partial charge in [-0.1, -0.05) is 12.6 Å². The second-order valence-corrected chi connectivity index (χ2v) is 13.8. The van der Waals surface area contributed by atoms with Gasteiger partial charge in [0.1, 0.15) is 22.8 Å². The van der Waals surface area contributed by atoms with Crippen LogP contribution in [0.5, 0.6) is 0 Å². The summed E-state index contributed by atoms with van der Waals surface area (Å²) >= 11 is 0.964. The van der Waals surface area contributed by atoms with Crippen molar-refractivity contribution in [2.45, 2.75) is 31.3 Å². The van der Waals surface area contributed by atoms with E-state index in [0.29, 0.717) is 41.7 Å². The zero-order valence-corrected chi connectivity index (χ0v) is 25.6. The van der Waals surface area contributed by atoms with Gasteiger partial charge < -0.3 is 20.4 Å². The van der Waals surface area contributed by atoms with Crippen LogP contribution in [-0.4, -0.2) is 89.1 Å². The number of anilines is 3. The van der Waals surface area contributed by atoms with Crippen molar-refractivity contribution in [2.75, 3.05) is 61.8 Å². The molecule has 3 aromatic heterocycles. The van der Waals surface area contributed by atoms with E-state index < -0.39 is 11.6 Å². The number of carbonyl (C=O) groups excluding carboxylic acids is 1. The number of hydrogen-bond acceptors (Lipinski definition) is 9. The fourth-order valence-corrected chi connectivity index (χ4v) is 8.02. The fraction of sp³-hybridized carbons (Fsp3) is 0.406. The Morgan fingerprint density at radius 2 is 2.02 bits per heavy atom. The van der Waals surface area contributed by atoms with Crippen LogP contribution in [-0.2, 0) is 4.79 Å². The Kier molecular flexibility index (Phi) is 6.27. The minimum Gasteiger partial charge on any atom is -0.399 e. The molecule has 4 aromatic rings. The van der Waals surface area contributed by atoms with Crippen molar-refractivity contribution >= 4 is 60.7 Å². The first-order valence-corrected chi connectivity index (χ1v) is 15.9. The zero-order valence-electron chi connectivity index (χ0n) is 24.8. The van der Waals surface area contributed by atoms with Gasteiger partial charge >= 0.3 is 0 Å². The molecular weight excluding hydrogens is 596 g/mol. The van der Waals surface area contributed by atoms with Gasteiger partial charge in [-0.3, -0.25) is 14.7 Å². The average molecular weight is 628 g/mol. The van der Waals surface area contributed by atoms with Crippen molar-refractivity contribution in [2.24, 2.45) is 5.41 Å². The number of hydrogen-bond donors (Lipinski definition) is 1. The van der Waals surface area contributed by atoms with Crippen molar-refractivity contribution in [1.82, 2.24) is 24.8 Å². The number of halogens is 2. The number of likely N-dealkylation sites (tertiary alicyclic amines) is 2. The van der Waals surface area contributed by atoms with Crippen LogP contribution in [0.25, 0.3) is 37.1 Å². The molecule has 4 fully saturated rings. The maximum Gasteiger partial charge on any atom is 0.246 e. The van der Waals surface area contributed by atoms with Gasteiger partial charge in [-0.2, -0.15) is 4.98 Å².